The van der Waals surface area contributed by atoms with Crippen LogP contribution in [-0.2, 0) is 11.2 Å². The van der Waals surface area contributed by atoms with Gasteiger partial charge in [0.1, 0.15) is 6.54 Å². The molecule has 5 heteroatoms. The number of anilines is 2. The molecular formula is C10H12N4O. The number of nitrogens with two attached hydrogens (primary N) is 2. The summed E-state index contributed by atoms with van der Waals surface area (Å²) >= 11 is 0. The number of carbonyl (C=O) groups excluding carboxylic acids is 1. The maximum atomic E-state index is 11.3. The number of hydrogen-bond acceptors (Lipinski definition) is 4. The molecule has 0 atom stereocenters. The van der Waals surface area contributed by atoms with Gasteiger partial charge in [-0.15, -0.1) is 0 Å². The largest absolute Gasteiger partial charge is 0.399 e. The Hall–Kier alpha value is -2.22. The minimum atomic E-state index is -0.229. The van der Waals surface area contributed by atoms with Crippen molar-refractivity contribution in [2.45, 2.75) is 6.42 Å². The average molecular weight is 204 g/mol. The summed E-state index contributed by atoms with van der Waals surface area (Å²) in [4.78, 5) is 11.3. The van der Waals surface area contributed by atoms with E-state index in [1.54, 1.807) is 18.2 Å². The number of amides is 1. The molecule has 0 unspecified atom stereocenters. The van der Waals surface area contributed by atoms with Crippen LogP contribution in [0.3, 0.4) is 0 Å². The fraction of sp³-hybridized carbons (Fsp3) is 0.200. The van der Waals surface area contributed by atoms with Crippen molar-refractivity contribution in [3.8, 4) is 6.07 Å². The van der Waals surface area contributed by atoms with Crippen LogP contribution in [0.15, 0.2) is 18.2 Å². The van der Waals surface area contributed by atoms with Crippen molar-refractivity contribution < 1.29 is 4.79 Å². The molecule has 78 valence electrons. The Bertz CT molecular complexity index is 408. The molecule has 0 aliphatic carbocycles. The fourth-order valence-electron chi connectivity index (χ4n) is 1.15. The number of nitrogens with one attached hydrogen (secondary N) is 1. The third kappa shape index (κ3) is 3.19. The summed E-state index contributed by atoms with van der Waals surface area (Å²) in [7, 11) is 0. The van der Waals surface area contributed by atoms with Crippen molar-refractivity contribution in [1.29, 1.82) is 5.26 Å². The molecule has 0 aliphatic rings. The van der Waals surface area contributed by atoms with E-state index in [1.165, 1.54) is 0 Å². The molecule has 0 fully saturated rings. The van der Waals surface area contributed by atoms with Gasteiger partial charge in [-0.25, -0.2) is 0 Å². The zero-order valence-corrected chi connectivity index (χ0v) is 8.16. The molecule has 0 aromatic heterocycles. The standard InChI is InChI=1S/C10H12N4O/c11-3-4-14-10(15)5-7-1-2-8(12)6-9(7)13/h1-2,6H,4-5,12-13H2,(H,14,15). The summed E-state index contributed by atoms with van der Waals surface area (Å²) in [6, 6.07) is 6.82. The average Bonchev–Trinajstić information content (AvgIpc) is 2.19. The fourth-order valence-corrected chi connectivity index (χ4v) is 1.15. The molecule has 5 N–H and O–H groups in total. The van der Waals surface area contributed by atoms with Crippen molar-refractivity contribution in [3.05, 3.63) is 23.8 Å². The maximum absolute atomic E-state index is 11.3. The van der Waals surface area contributed by atoms with Crippen molar-refractivity contribution in [2.24, 2.45) is 0 Å². The van der Waals surface area contributed by atoms with Crippen LogP contribution < -0.4 is 16.8 Å². The van der Waals surface area contributed by atoms with Crippen molar-refractivity contribution in [1.82, 2.24) is 5.32 Å². The molecule has 1 aromatic carbocycles. The lowest BCUT2D eigenvalue weighted by molar-refractivity contribution is -0.120. The number of nitriles is 1. The second kappa shape index (κ2) is 4.86. The second-order valence-corrected chi connectivity index (χ2v) is 3.07. The number of hydrogen-bond donors (Lipinski definition) is 3. The van der Waals surface area contributed by atoms with E-state index in [2.05, 4.69) is 5.32 Å². The normalized spacial score (nSPS) is 9.27. The Balaban J connectivity index is 2.65. The van der Waals surface area contributed by atoms with E-state index in [4.69, 9.17) is 16.7 Å². The summed E-state index contributed by atoms with van der Waals surface area (Å²) in [6.07, 6.45) is 0.161. The Morgan fingerprint density at radius 2 is 2.20 bits per heavy atom. The number of nitrogen functional groups attached to an aromatic ring is 2. The van der Waals surface area contributed by atoms with Gasteiger partial charge in [-0.05, 0) is 17.7 Å². The molecular weight excluding hydrogens is 192 g/mol. The van der Waals surface area contributed by atoms with E-state index in [9.17, 15) is 4.79 Å². The van der Waals surface area contributed by atoms with Gasteiger partial charge in [-0.1, -0.05) is 6.07 Å². The minimum Gasteiger partial charge on any atom is -0.399 e. The zero-order valence-electron chi connectivity index (χ0n) is 8.16. The van der Waals surface area contributed by atoms with E-state index in [0.29, 0.717) is 16.9 Å². The van der Waals surface area contributed by atoms with Crippen molar-refractivity contribution in [2.75, 3.05) is 18.0 Å². The Morgan fingerprint density at radius 3 is 2.80 bits per heavy atom. The van der Waals surface area contributed by atoms with Crippen LogP contribution in [0.4, 0.5) is 11.4 Å². The smallest absolute Gasteiger partial charge is 0.225 e. The van der Waals surface area contributed by atoms with E-state index in [1.807, 2.05) is 6.07 Å². The van der Waals surface area contributed by atoms with Gasteiger partial charge in [0.25, 0.3) is 0 Å². The SMILES string of the molecule is N#CCNC(=O)Cc1ccc(N)cc1N. The van der Waals surface area contributed by atoms with Crippen LogP contribution in [0.2, 0.25) is 0 Å². The molecule has 0 spiro atoms. The molecule has 15 heavy (non-hydrogen) atoms. The van der Waals surface area contributed by atoms with Gasteiger partial charge < -0.3 is 16.8 Å². The van der Waals surface area contributed by atoms with Gasteiger partial charge in [0.2, 0.25) is 5.91 Å². The first-order chi connectivity index (χ1) is 7.13. The van der Waals surface area contributed by atoms with Gasteiger partial charge in [0, 0.05) is 11.4 Å². The number of carbonyl (C=O) groups is 1. The van der Waals surface area contributed by atoms with E-state index < -0.39 is 0 Å². The van der Waals surface area contributed by atoms with Crippen LogP contribution in [0, 0.1) is 11.3 Å². The predicted octanol–water partition coefficient (Wildman–Crippen LogP) is 0.0333. The number of rotatable bonds is 3. The first kappa shape index (κ1) is 10.9. The van der Waals surface area contributed by atoms with Gasteiger partial charge in [0.15, 0.2) is 0 Å². The van der Waals surface area contributed by atoms with Crippen molar-refractivity contribution >= 4 is 17.3 Å². The summed E-state index contributed by atoms with van der Waals surface area (Å²) in [5.74, 6) is -0.229. The molecule has 0 bridgehead atoms. The number of benzene rings is 1. The first-order valence-electron chi connectivity index (χ1n) is 4.41. The molecule has 0 heterocycles. The Labute approximate surface area is 87.7 Å². The molecule has 1 rings (SSSR count). The van der Waals surface area contributed by atoms with Gasteiger partial charge in [0.05, 0.1) is 12.5 Å². The lowest BCUT2D eigenvalue weighted by Gasteiger charge is -2.05. The van der Waals surface area contributed by atoms with Crippen LogP contribution in [0.1, 0.15) is 5.56 Å². The summed E-state index contributed by atoms with van der Waals surface area (Å²) in [5.41, 5.74) is 12.9. The number of nitrogens with zero attached hydrogens (tertiary/aromatic N) is 1. The van der Waals surface area contributed by atoms with E-state index in [0.717, 1.165) is 0 Å². The molecule has 1 aromatic rings. The van der Waals surface area contributed by atoms with Gasteiger partial charge >= 0.3 is 0 Å². The second-order valence-electron chi connectivity index (χ2n) is 3.07. The highest BCUT2D eigenvalue weighted by molar-refractivity contribution is 5.80. The maximum Gasteiger partial charge on any atom is 0.225 e. The van der Waals surface area contributed by atoms with Gasteiger partial charge in [-0.3, -0.25) is 4.79 Å². The van der Waals surface area contributed by atoms with Crippen molar-refractivity contribution in [3.63, 3.8) is 0 Å². The highest BCUT2D eigenvalue weighted by atomic mass is 16.1. The first-order valence-corrected chi connectivity index (χ1v) is 4.41. The highest BCUT2D eigenvalue weighted by Crippen LogP contribution is 2.15. The van der Waals surface area contributed by atoms with Crippen LogP contribution in [-0.4, -0.2) is 12.5 Å². The lowest BCUT2D eigenvalue weighted by atomic mass is 10.1. The topological polar surface area (TPSA) is 105 Å². The molecule has 0 saturated heterocycles. The predicted molar refractivity (Wildman–Crippen MR) is 57.6 cm³/mol. The Kier molecular flexibility index (Phi) is 3.52. The minimum absolute atomic E-state index is 0.00765. The van der Waals surface area contributed by atoms with Crippen LogP contribution in [0.25, 0.3) is 0 Å². The zero-order chi connectivity index (χ0) is 11.3. The summed E-state index contributed by atoms with van der Waals surface area (Å²) < 4.78 is 0. The molecule has 0 radical (unpaired) electrons. The van der Waals surface area contributed by atoms with E-state index in [-0.39, 0.29) is 18.9 Å². The summed E-state index contributed by atoms with van der Waals surface area (Å²) in [6.45, 7) is 0.00765. The van der Waals surface area contributed by atoms with Crippen LogP contribution in [0.5, 0.6) is 0 Å². The Morgan fingerprint density at radius 1 is 1.47 bits per heavy atom. The lowest BCUT2D eigenvalue weighted by Crippen LogP contribution is -2.25. The molecule has 5 nitrogen and oxygen atoms in total. The quantitative estimate of drug-likeness (QED) is 0.477. The third-order valence-electron chi connectivity index (χ3n) is 1.89. The summed E-state index contributed by atoms with van der Waals surface area (Å²) in [5, 5.41) is 10.7. The van der Waals surface area contributed by atoms with Crippen LogP contribution >= 0.6 is 0 Å². The highest BCUT2D eigenvalue weighted by Gasteiger charge is 2.05. The molecule has 0 saturated carbocycles. The molecule has 1 amide bonds. The van der Waals surface area contributed by atoms with E-state index >= 15 is 0 Å². The molecule has 0 aliphatic heterocycles. The monoisotopic (exact) mass is 204 g/mol. The van der Waals surface area contributed by atoms with Gasteiger partial charge in [-0.2, -0.15) is 5.26 Å². The third-order valence-corrected chi connectivity index (χ3v) is 1.89.